The van der Waals surface area contributed by atoms with Crippen LogP contribution in [0.4, 0.5) is 0 Å². The predicted molar refractivity (Wildman–Crippen MR) is 65.2 cm³/mol. The predicted octanol–water partition coefficient (Wildman–Crippen LogP) is 3.24. The lowest BCUT2D eigenvalue weighted by molar-refractivity contribution is 0.358. The van der Waals surface area contributed by atoms with Crippen LogP contribution in [0.1, 0.15) is 42.7 Å². The van der Waals surface area contributed by atoms with E-state index < -0.39 is 0 Å². The van der Waals surface area contributed by atoms with Crippen molar-refractivity contribution >= 4 is 0 Å². The molecule has 1 saturated carbocycles. The average molecular weight is 203 g/mol. The lowest BCUT2D eigenvalue weighted by atomic mass is 9.81. The minimum absolute atomic E-state index is 0.756. The van der Waals surface area contributed by atoms with Gasteiger partial charge in [-0.3, -0.25) is 0 Å². The minimum Gasteiger partial charge on any atom is -0.317 e. The summed E-state index contributed by atoms with van der Waals surface area (Å²) in [6, 6.07) is 9.77. The Morgan fingerprint density at radius 3 is 2.47 bits per heavy atom. The van der Waals surface area contributed by atoms with Crippen LogP contribution < -0.4 is 5.32 Å². The first kappa shape index (κ1) is 10.7. The molecule has 1 nitrogen and oxygen atoms in total. The fraction of sp³-hybridized carbons (Fsp3) is 0.571. The Balaban J connectivity index is 2.01. The molecule has 0 saturated heterocycles. The zero-order chi connectivity index (χ0) is 10.7. The molecule has 0 atom stereocenters. The van der Waals surface area contributed by atoms with Crippen molar-refractivity contribution < 1.29 is 0 Å². The average Bonchev–Trinajstić information content (AvgIpc) is 2.29. The van der Waals surface area contributed by atoms with Crippen molar-refractivity contribution in [3.63, 3.8) is 0 Å². The van der Waals surface area contributed by atoms with E-state index in [0.29, 0.717) is 0 Å². The van der Waals surface area contributed by atoms with Crippen molar-refractivity contribution in [2.75, 3.05) is 7.05 Å². The van der Waals surface area contributed by atoms with E-state index in [1.54, 1.807) is 5.56 Å². The highest BCUT2D eigenvalue weighted by Gasteiger charge is 2.20. The van der Waals surface area contributed by atoms with E-state index in [2.05, 4.69) is 43.6 Å². The minimum atomic E-state index is 0.756. The number of benzene rings is 1. The van der Waals surface area contributed by atoms with Gasteiger partial charge in [0, 0.05) is 6.04 Å². The maximum absolute atomic E-state index is 3.39. The molecule has 0 unspecified atom stereocenters. The smallest absolute Gasteiger partial charge is 0.00644 e. The zero-order valence-electron chi connectivity index (χ0n) is 9.79. The first-order valence-electron chi connectivity index (χ1n) is 6.03. The second kappa shape index (κ2) is 4.80. The van der Waals surface area contributed by atoms with E-state index in [-0.39, 0.29) is 0 Å². The van der Waals surface area contributed by atoms with Gasteiger partial charge >= 0.3 is 0 Å². The number of aryl methyl sites for hydroxylation is 1. The second-order valence-electron chi connectivity index (χ2n) is 4.75. The fourth-order valence-corrected chi connectivity index (χ4v) is 2.64. The number of nitrogens with one attached hydrogen (secondary N) is 1. The Morgan fingerprint density at radius 1 is 1.13 bits per heavy atom. The summed E-state index contributed by atoms with van der Waals surface area (Å²) in [5.41, 5.74) is 2.94. The molecule has 1 aliphatic carbocycles. The molecule has 1 aromatic carbocycles. The van der Waals surface area contributed by atoms with Gasteiger partial charge in [0.2, 0.25) is 0 Å². The maximum atomic E-state index is 3.39. The molecule has 0 spiro atoms. The Hall–Kier alpha value is -0.820. The summed E-state index contributed by atoms with van der Waals surface area (Å²) >= 11 is 0. The Kier molecular flexibility index (Phi) is 3.42. The first-order valence-corrected chi connectivity index (χ1v) is 6.03. The van der Waals surface area contributed by atoms with Gasteiger partial charge in [-0.05, 0) is 51.1 Å². The molecule has 1 N–H and O–H groups in total. The molecule has 0 aliphatic heterocycles. The monoisotopic (exact) mass is 203 g/mol. The molecule has 0 radical (unpaired) electrons. The van der Waals surface area contributed by atoms with Crippen LogP contribution in [0, 0.1) is 6.92 Å². The highest BCUT2D eigenvalue weighted by Crippen LogP contribution is 2.32. The number of hydrogen-bond donors (Lipinski definition) is 1. The van der Waals surface area contributed by atoms with E-state index in [0.717, 1.165) is 12.0 Å². The van der Waals surface area contributed by atoms with Crippen molar-refractivity contribution in [2.45, 2.75) is 44.6 Å². The third-order valence-corrected chi connectivity index (χ3v) is 3.65. The molecular weight excluding hydrogens is 182 g/mol. The third kappa shape index (κ3) is 2.60. The van der Waals surface area contributed by atoms with Crippen molar-refractivity contribution in [1.82, 2.24) is 5.32 Å². The first-order chi connectivity index (χ1) is 7.29. The SMILES string of the molecule is CNC1CCC(c2cccc(C)c2)CC1. The van der Waals surface area contributed by atoms with Crippen molar-refractivity contribution in [1.29, 1.82) is 0 Å². The lowest BCUT2D eigenvalue weighted by Gasteiger charge is -2.28. The summed E-state index contributed by atoms with van der Waals surface area (Å²) in [6.45, 7) is 2.18. The second-order valence-corrected chi connectivity index (χ2v) is 4.75. The summed E-state index contributed by atoms with van der Waals surface area (Å²) < 4.78 is 0. The lowest BCUT2D eigenvalue weighted by Crippen LogP contribution is -2.29. The van der Waals surface area contributed by atoms with Crippen LogP contribution in [-0.2, 0) is 0 Å². The fourth-order valence-electron chi connectivity index (χ4n) is 2.64. The topological polar surface area (TPSA) is 12.0 Å². The van der Waals surface area contributed by atoms with Gasteiger partial charge in [0.15, 0.2) is 0 Å². The highest BCUT2D eigenvalue weighted by atomic mass is 14.9. The summed E-state index contributed by atoms with van der Waals surface area (Å²) in [5.74, 6) is 0.800. The Bertz CT molecular complexity index is 311. The molecular formula is C14H21N. The molecule has 1 aliphatic rings. The van der Waals surface area contributed by atoms with Crippen molar-refractivity contribution in [3.8, 4) is 0 Å². The van der Waals surface area contributed by atoms with E-state index in [4.69, 9.17) is 0 Å². The Morgan fingerprint density at radius 2 is 1.87 bits per heavy atom. The van der Waals surface area contributed by atoms with E-state index in [1.165, 1.54) is 31.2 Å². The molecule has 0 aromatic heterocycles. The molecule has 0 bridgehead atoms. The van der Waals surface area contributed by atoms with Gasteiger partial charge in [0.05, 0.1) is 0 Å². The van der Waals surface area contributed by atoms with E-state index >= 15 is 0 Å². The van der Waals surface area contributed by atoms with E-state index in [9.17, 15) is 0 Å². The number of rotatable bonds is 2. The molecule has 82 valence electrons. The van der Waals surface area contributed by atoms with Crippen LogP contribution in [0.3, 0.4) is 0 Å². The van der Waals surface area contributed by atoms with Gasteiger partial charge in [-0.1, -0.05) is 29.8 Å². The molecule has 0 heterocycles. The molecule has 1 aromatic rings. The summed E-state index contributed by atoms with van der Waals surface area (Å²) in [5, 5.41) is 3.39. The van der Waals surface area contributed by atoms with Gasteiger partial charge in [-0.25, -0.2) is 0 Å². The molecule has 2 rings (SSSR count). The van der Waals surface area contributed by atoms with E-state index in [1.807, 2.05) is 0 Å². The van der Waals surface area contributed by atoms with Crippen LogP contribution >= 0.6 is 0 Å². The summed E-state index contributed by atoms with van der Waals surface area (Å²) in [7, 11) is 2.08. The van der Waals surface area contributed by atoms with Gasteiger partial charge in [0.1, 0.15) is 0 Å². The Labute approximate surface area is 92.9 Å². The van der Waals surface area contributed by atoms with Crippen LogP contribution in [0.2, 0.25) is 0 Å². The number of hydrogen-bond acceptors (Lipinski definition) is 1. The van der Waals surface area contributed by atoms with Gasteiger partial charge in [0.25, 0.3) is 0 Å². The van der Waals surface area contributed by atoms with Crippen molar-refractivity contribution in [2.24, 2.45) is 0 Å². The normalized spacial score (nSPS) is 26.5. The van der Waals surface area contributed by atoms with Crippen LogP contribution in [0.5, 0.6) is 0 Å². The van der Waals surface area contributed by atoms with Gasteiger partial charge in [-0.15, -0.1) is 0 Å². The van der Waals surface area contributed by atoms with Crippen molar-refractivity contribution in [3.05, 3.63) is 35.4 Å². The highest BCUT2D eigenvalue weighted by molar-refractivity contribution is 5.25. The summed E-state index contributed by atoms with van der Waals surface area (Å²) in [6.07, 6.45) is 5.34. The molecule has 0 amide bonds. The molecule has 1 heteroatoms. The quantitative estimate of drug-likeness (QED) is 0.778. The standard InChI is InChI=1S/C14H21N/c1-11-4-3-5-13(10-11)12-6-8-14(15-2)9-7-12/h3-5,10,12,14-15H,6-9H2,1-2H3. The summed E-state index contributed by atoms with van der Waals surface area (Å²) in [4.78, 5) is 0. The maximum Gasteiger partial charge on any atom is 0.00644 e. The largest absolute Gasteiger partial charge is 0.317 e. The molecule has 15 heavy (non-hydrogen) atoms. The van der Waals surface area contributed by atoms with Crippen LogP contribution in [0.25, 0.3) is 0 Å². The van der Waals surface area contributed by atoms with Crippen LogP contribution in [0.15, 0.2) is 24.3 Å². The zero-order valence-corrected chi connectivity index (χ0v) is 9.79. The van der Waals surface area contributed by atoms with Gasteiger partial charge < -0.3 is 5.32 Å². The molecule has 1 fully saturated rings. The van der Waals surface area contributed by atoms with Crippen LogP contribution in [-0.4, -0.2) is 13.1 Å². The third-order valence-electron chi connectivity index (χ3n) is 3.65. The van der Waals surface area contributed by atoms with Gasteiger partial charge in [-0.2, -0.15) is 0 Å².